The van der Waals surface area contributed by atoms with Crippen LogP contribution in [-0.4, -0.2) is 31.4 Å². The van der Waals surface area contributed by atoms with Gasteiger partial charge in [0.1, 0.15) is 0 Å². The normalized spacial score (nSPS) is 21.6. The number of sulfonamides is 1. The van der Waals surface area contributed by atoms with E-state index < -0.39 is 15.3 Å². The molecular formula is C6H13NO3S. The summed E-state index contributed by atoms with van der Waals surface area (Å²) >= 11 is 0. The number of hydrogen-bond acceptors (Lipinski definition) is 3. The van der Waals surface area contributed by atoms with Crippen molar-refractivity contribution in [1.29, 1.82) is 0 Å². The van der Waals surface area contributed by atoms with Gasteiger partial charge in [0.2, 0.25) is 10.0 Å². The van der Waals surface area contributed by atoms with Crippen molar-refractivity contribution in [3.8, 4) is 0 Å². The van der Waals surface area contributed by atoms with Gasteiger partial charge in [0.05, 0.1) is 11.9 Å². The number of aliphatic hydroxyl groups is 1. The molecule has 1 atom stereocenters. The number of rotatable bonds is 4. The van der Waals surface area contributed by atoms with Gasteiger partial charge in [-0.2, -0.15) is 0 Å². The summed E-state index contributed by atoms with van der Waals surface area (Å²) < 4.78 is 24.8. The second-order valence-corrected chi connectivity index (χ2v) is 5.06. The van der Waals surface area contributed by atoms with Crippen LogP contribution < -0.4 is 4.72 Å². The molecule has 0 aromatic rings. The van der Waals surface area contributed by atoms with Crippen LogP contribution in [0.4, 0.5) is 0 Å². The Hall–Kier alpha value is -0.130. The average Bonchev–Trinajstić information content (AvgIpc) is 2.69. The van der Waals surface area contributed by atoms with Crippen molar-refractivity contribution in [2.45, 2.75) is 31.1 Å². The summed E-state index contributed by atoms with van der Waals surface area (Å²) in [6.45, 7) is 1.17. The van der Waals surface area contributed by atoms with E-state index in [1.807, 2.05) is 0 Å². The van der Waals surface area contributed by atoms with Crippen molar-refractivity contribution in [3.05, 3.63) is 0 Å². The summed E-state index contributed by atoms with van der Waals surface area (Å²) in [6.07, 6.45) is 1.86. The maximum Gasteiger partial charge on any atom is 0.216 e. The molecule has 0 bridgehead atoms. The van der Waals surface area contributed by atoms with Gasteiger partial charge >= 0.3 is 0 Å². The van der Waals surface area contributed by atoms with E-state index in [4.69, 9.17) is 5.11 Å². The first kappa shape index (κ1) is 8.96. The molecule has 11 heavy (non-hydrogen) atoms. The molecule has 1 unspecified atom stereocenters. The predicted octanol–water partition coefficient (Wildman–Crippen LogP) is -0.551. The Balaban J connectivity index is 2.50. The largest absolute Gasteiger partial charge is 0.395 e. The van der Waals surface area contributed by atoms with E-state index in [1.54, 1.807) is 0 Å². The van der Waals surface area contributed by atoms with Crippen LogP contribution in [0.2, 0.25) is 0 Å². The van der Waals surface area contributed by atoms with Crippen LogP contribution in [0.3, 0.4) is 0 Å². The van der Waals surface area contributed by atoms with E-state index in [2.05, 4.69) is 4.72 Å². The molecule has 0 amide bonds. The van der Waals surface area contributed by atoms with Crippen molar-refractivity contribution < 1.29 is 13.5 Å². The second kappa shape index (κ2) is 3.08. The summed E-state index contributed by atoms with van der Waals surface area (Å²) in [4.78, 5) is 0. The molecule has 1 aliphatic rings. The van der Waals surface area contributed by atoms with Crippen molar-refractivity contribution >= 4 is 10.0 Å². The minimum atomic E-state index is -3.25. The molecule has 0 saturated heterocycles. The highest BCUT2D eigenvalue weighted by Crippen LogP contribution is 2.20. The Morgan fingerprint density at radius 3 is 2.55 bits per heavy atom. The minimum Gasteiger partial charge on any atom is -0.395 e. The Bertz CT molecular complexity index is 220. The van der Waals surface area contributed by atoms with Crippen LogP contribution in [0.5, 0.6) is 0 Å². The summed E-state index contributed by atoms with van der Waals surface area (Å²) in [5.74, 6) is 0. The molecule has 66 valence electrons. The zero-order valence-electron chi connectivity index (χ0n) is 6.45. The quantitative estimate of drug-likeness (QED) is 0.608. The molecule has 0 heterocycles. The van der Waals surface area contributed by atoms with Crippen molar-refractivity contribution in [2.24, 2.45) is 0 Å². The first-order valence-corrected chi connectivity index (χ1v) is 5.23. The van der Waals surface area contributed by atoms with Gasteiger partial charge < -0.3 is 5.11 Å². The molecule has 0 aromatic carbocycles. The molecule has 5 heteroatoms. The zero-order chi connectivity index (χ0) is 8.48. The highest BCUT2D eigenvalue weighted by atomic mass is 32.2. The number of hydrogen-bond donors (Lipinski definition) is 2. The lowest BCUT2D eigenvalue weighted by atomic mass is 10.5. The second-order valence-electron chi connectivity index (χ2n) is 2.93. The van der Waals surface area contributed by atoms with Gasteiger partial charge in [-0.05, 0) is 19.8 Å². The first-order valence-electron chi connectivity index (χ1n) is 3.68. The average molecular weight is 179 g/mol. The van der Waals surface area contributed by atoms with Crippen LogP contribution in [0.15, 0.2) is 0 Å². The van der Waals surface area contributed by atoms with E-state index in [9.17, 15) is 8.42 Å². The Morgan fingerprint density at radius 1 is 1.64 bits per heavy atom. The molecule has 1 fully saturated rings. The molecule has 0 aliphatic heterocycles. The first-order chi connectivity index (χ1) is 5.06. The lowest BCUT2D eigenvalue weighted by molar-refractivity contribution is 0.294. The molecule has 1 rings (SSSR count). The lowest BCUT2D eigenvalue weighted by Gasteiger charge is -2.09. The maximum atomic E-state index is 11.1. The van der Waals surface area contributed by atoms with Gasteiger partial charge in [-0.15, -0.1) is 0 Å². The SMILES string of the molecule is CC(CO)S(=O)(=O)NC1CC1. The Kier molecular flexibility index (Phi) is 2.51. The zero-order valence-corrected chi connectivity index (χ0v) is 7.26. The smallest absolute Gasteiger partial charge is 0.216 e. The van der Waals surface area contributed by atoms with Crippen LogP contribution in [0.25, 0.3) is 0 Å². The van der Waals surface area contributed by atoms with E-state index in [0.717, 1.165) is 12.8 Å². The Morgan fingerprint density at radius 2 is 2.18 bits per heavy atom. The number of aliphatic hydroxyl groups excluding tert-OH is 1. The maximum absolute atomic E-state index is 11.1. The number of nitrogens with one attached hydrogen (secondary N) is 1. The highest BCUT2D eigenvalue weighted by Gasteiger charge is 2.29. The molecule has 0 aromatic heterocycles. The van der Waals surface area contributed by atoms with Crippen LogP contribution >= 0.6 is 0 Å². The Labute approximate surface area is 66.7 Å². The van der Waals surface area contributed by atoms with Crippen LogP contribution in [0, 0.1) is 0 Å². The van der Waals surface area contributed by atoms with Gasteiger partial charge in [-0.1, -0.05) is 0 Å². The third-order valence-electron chi connectivity index (χ3n) is 1.70. The van der Waals surface area contributed by atoms with Gasteiger partial charge in [0, 0.05) is 6.04 Å². The molecule has 4 nitrogen and oxygen atoms in total. The monoisotopic (exact) mass is 179 g/mol. The van der Waals surface area contributed by atoms with Crippen molar-refractivity contribution in [2.75, 3.05) is 6.61 Å². The highest BCUT2D eigenvalue weighted by molar-refractivity contribution is 7.90. The minimum absolute atomic E-state index is 0.133. The van der Waals surface area contributed by atoms with Gasteiger partial charge in [0.15, 0.2) is 0 Å². The predicted molar refractivity (Wildman–Crippen MR) is 41.6 cm³/mol. The molecule has 1 saturated carbocycles. The fourth-order valence-electron chi connectivity index (χ4n) is 0.648. The van der Waals surface area contributed by atoms with Gasteiger partial charge in [0.25, 0.3) is 0 Å². The molecular weight excluding hydrogens is 166 g/mol. The molecule has 2 N–H and O–H groups in total. The van der Waals surface area contributed by atoms with Gasteiger partial charge in [-0.3, -0.25) is 0 Å². The van der Waals surface area contributed by atoms with Crippen molar-refractivity contribution in [3.63, 3.8) is 0 Å². The summed E-state index contributed by atoms with van der Waals surface area (Å²) in [7, 11) is -3.25. The fraction of sp³-hybridized carbons (Fsp3) is 1.00. The molecule has 1 aliphatic carbocycles. The van der Waals surface area contributed by atoms with E-state index in [-0.39, 0.29) is 12.6 Å². The topological polar surface area (TPSA) is 66.4 Å². The van der Waals surface area contributed by atoms with Crippen LogP contribution in [-0.2, 0) is 10.0 Å². The van der Waals surface area contributed by atoms with Gasteiger partial charge in [-0.25, -0.2) is 13.1 Å². The van der Waals surface area contributed by atoms with Crippen LogP contribution in [0.1, 0.15) is 19.8 Å². The van der Waals surface area contributed by atoms with Crippen molar-refractivity contribution in [1.82, 2.24) is 4.72 Å². The standard InChI is InChI=1S/C6H13NO3S/c1-5(4-8)11(9,10)7-6-2-3-6/h5-8H,2-4H2,1H3. The van der Waals surface area contributed by atoms with E-state index in [1.165, 1.54) is 6.92 Å². The third kappa shape index (κ3) is 2.43. The van der Waals surface area contributed by atoms with E-state index in [0.29, 0.717) is 0 Å². The summed E-state index contributed by atoms with van der Waals surface area (Å²) in [5, 5.41) is 7.89. The molecule has 0 spiro atoms. The van der Waals surface area contributed by atoms with E-state index >= 15 is 0 Å². The fourth-order valence-corrected chi connectivity index (χ4v) is 1.78. The summed E-state index contributed by atoms with van der Waals surface area (Å²) in [6, 6.07) is 0.133. The summed E-state index contributed by atoms with van der Waals surface area (Å²) in [5.41, 5.74) is 0. The lowest BCUT2D eigenvalue weighted by Crippen LogP contribution is -2.35. The third-order valence-corrected chi connectivity index (χ3v) is 3.57. The molecule has 0 radical (unpaired) electrons.